The average molecular weight is 371 g/mol. The van der Waals surface area contributed by atoms with Gasteiger partial charge in [-0.15, -0.1) is 0 Å². The maximum absolute atomic E-state index is 11.8. The van der Waals surface area contributed by atoms with Gasteiger partial charge in [0, 0.05) is 17.7 Å². The molecule has 0 spiro atoms. The number of rotatable bonds is 5. The van der Waals surface area contributed by atoms with Crippen LogP contribution in [0, 0.1) is 0 Å². The molecule has 0 aromatic heterocycles. The van der Waals surface area contributed by atoms with Gasteiger partial charge in [0.25, 0.3) is 11.8 Å². The van der Waals surface area contributed by atoms with Crippen molar-refractivity contribution in [3.05, 3.63) is 40.4 Å². The lowest BCUT2D eigenvalue weighted by molar-refractivity contribution is -0.137. The van der Waals surface area contributed by atoms with E-state index in [1.807, 2.05) is 0 Å². The van der Waals surface area contributed by atoms with Crippen molar-refractivity contribution in [3.63, 3.8) is 0 Å². The number of carbonyl (C=O) groups is 3. The number of ether oxygens (including phenoxy) is 2. The first-order valence-electron chi connectivity index (χ1n) is 6.26. The summed E-state index contributed by atoms with van der Waals surface area (Å²) in [5.74, 6) is -1.23. The number of nitrogens with one attached hydrogen (secondary N) is 2. The van der Waals surface area contributed by atoms with Crippen molar-refractivity contribution in [1.82, 2.24) is 10.9 Å². The highest BCUT2D eigenvalue weighted by Gasteiger charge is 2.09. The van der Waals surface area contributed by atoms with Gasteiger partial charge >= 0.3 is 5.97 Å². The van der Waals surface area contributed by atoms with Crippen molar-refractivity contribution in [3.8, 4) is 5.75 Å². The Morgan fingerprint density at radius 3 is 2.55 bits per heavy atom. The molecule has 0 bridgehead atoms. The van der Waals surface area contributed by atoms with E-state index in [-0.39, 0.29) is 6.61 Å². The number of hydrogen-bond donors (Lipinski definition) is 2. The number of amides is 2. The normalized spacial score (nSPS) is 10.1. The van der Waals surface area contributed by atoms with Gasteiger partial charge in [-0.05, 0) is 41.1 Å². The number of methoxy groups -OCH3 is 1. The van der Waals surface area contributed by atoms with Crippen LogP contribution < -0.4 is 15.6 Å². The third kappa shape index (κ3) is 5.57. The number of esters is 1. The Labute approximate surface area is 135 Å². The Morgan fingerprint density at radius 1 is 1.23 bits per heavy atom. The molecular weight excluding hydrogens is 356 g/mol. The second kappa shape index (κ2) is 8.83. The van der Waals surface area contributed by atoms with Gasteiger partial charge in [-0.1, -0.05) is 0 Å². The van der Waals surface area contributed by atoms with Crippen LogP contribution in [0.2, 0.25) is 0 Å². The minimum Gasteiger partial charge on any atom is -0.496 e. The van der Waals surface area contributed by atoms with Crippen LogP contribution in [0.3, 0.4) is 0 Å². The van der Waals surface area contributed by atoms with Crippen LogP contribution in [0.25, 0.3) is 0 Å². The number of hydrazine groups is 1. The predicted molar refractivity (Wildman–Crippen MR) is 82.1 cm³/mol. The molecule has 118 valence electrons. The number of benzene rings is 1. The molecule has 8 heteroatoms. The molecule has 7 nitrogen and oxygen atoms in total. The standard InChI is InChI=1S/C14H15BrN2O5/c1-3-22-13(19)7-6-12(18)16-17-14(20)9-4-5-11(21-2)10(15)8-9/h4-8H,3H2,1-2H3,(H,16,18)(H,17,20). The van der Waals surface area contributed by atoms with Gasteiger partial charge in [-0.2, -0.15) is 0 Å². The van der Waals surface area contributed by atoms with Gasteiger partial charge in [0.05, 0.1) is 18.2 Å². The highest BCUT2D eigenvalue weighted by molar-refractivity contribution is 9.10. The van der Waals surface area contributed by atoms with Gasteiger partial charge < -0.3 is 9.47 Å². The third-order valence-electron chi connectivity index (χ3n) is 2.37. The van der Waals surface area contributed by atoms with Crippen molar-refractivity contribution in [2.75, 3.05) is 13.7 Å². The zero-order valence-corrected chi connectivity index (χ0v) is 13.6. The van der Waals surface area contributed by atoms with Crippen molar-refractivity contribution in [2.45, 2.75) is 6.92 Å². The van der Waals surface area contributed by atoms with Gasteiger partial charge in [0.1, 0.15) is 5.75 Å². The Hall–Kier alpha value is -2.35. The smallest absolute Gasteiger partial charge is 0.330 e. The minimum atomic E-state index is -0.658. The highest BCUT2D eigenvalue weighted by Crippen LogP contribution is 2.25. The molecular formula is C14H15BrN2O5. The summed E-state index contributed by atoms with van der Waals surface area (Å²) in [6.45, 7) is 1.87. The minimum absolute atomic E-state index is 0.216. The molecule has 0 radical (unpaired) electrons. The molecule has 2 amide bonds. The molecule has 0 aliphatic heterocycles. The van der Waals surface area contributed by atoms with Gasteiger partial charge in [0.2, 0.25) is 0 Å². The van der Waals surface area contributed by atoms with Crippen LogP contribution >= 0.6 is 15.9 Å². The summed E-state index contributed by atoms with van der Waals surface area (Å²) in [6.07, 6.45) is 1.93. The van der Waals surface area contributed by atoms with Gasteiger partial charge in [-0.3, -0.25) is 20.4 Å². The van der Waals surface area contributed by atoms with E-state index < -0.39 is 17.8 Å². The third-order valence-corrected chi connectivity index (χ3v) is 2.99. The van der Waals surface area contributed by atoms with Gasteiger partial charge in [-0.25, -0.2) is 4.79 Å². The van der Waals surface area contributed by atoms with Crippen LogP contribution in [0.1, 0.15) is 17.3 Å². The number of halogens is 1. The maximum atomic E-state index is 11.8. The predicted octanol–water partition coefficient (Wildman–Crippen LogP) is 1.34. The molecule has 0 fully saturated rings. The molecule has 0 aliphatic carbocycles. The summed E-state index contributed by atoms with van der Waals surface area (Å²) >= 11 is 3.26. The van der Waals surface area contributed by atoms with Crippen molar-refractivity contribution in [2.24, 2.45) is 0 Å². The summed E-state index contributed by atoms with van der Waals surface area (Å²) in [5.41, 5.74) is 4.68. The van der Waals surface area contributed by atoms with Gasteiger partial charge in [0.15, 0.2) is 0 Å². The summed E-state index contributed by atoms with van der Waals surface area (Å²) in [7, 11) is 1.51. The molecule has 1 aromatic rings. The van der Waals surface area contributed by atoms with Crippen molar-refractivity contribution < 1.29 is 23.9 Å². The van der Waals surface area contributed by atoms with E-state index >= 15 is 0 Å². The first kappa shape index (κ1) is 17.7. The topological polar surface area (TPSA) is 93.7 Å². The second-order valence-corrected chi connectivity index (χ2v) is 4.73. The molecule has 0 saturated carbocycles. The lowest BCUT2D eigenvalue weighted by Crippen LogP contribution is -2.40. The number of hydrogen-bond acceptors (Lipinski definition) is 5. The van der Waals surface area contributed by atoms with E-state index in [9.17, 15) is 14.4 Å². The summed E-state index contributed by atoms with van der Waals surface area (Å²) < 4.78 is 10.3. The lowest BCUT2D eigenvalue weighted by Gasteiger charge is -2.07. The molecule has 0 unspecified atom stereocenters. The zero-order valence-electron chi connectivity index (χ0n) is 12.0. The Balaban J connectivity index is 2.54. The van der Waals surface area contributed by atoms with E-state index in [0.29, 0.717) is 15.8 Å². The first-order valence-corrected chi connectivity index (χ1v) is 7.06. The molecule has 0 atom stereocenters. The summed E-state index contributed by atoms with van der Waals surface area (Å²) in [6, 6.07) is 4.70. The van der Waals surface area contributed by atoms with Crippen LogP contribution in [-0.4, -0.2) is 31.5 Å². The fraction of sp³-hybridized carbons (Fsp3) is 0.214. The van der Waals surface area contributed by atoms with Crippen LogP contribution in [0.4, 0.5) is 0 Å². The summed E-state index contributed by atoms with van der Waals surface area (Å²) in [4.78, 5) is 34.3. The quantitative estimate of drug-likeness (QED) is 0.463. The molecule has 22 heavy (non-hydrogen) atoms. The van der Waals surface area contributed by atoms with Crippen molar-refractivity contribution in [1.29, 1.82) is 0 Å². The van der Waals surface area contributed by atoms with E-state index in [1.165, 1.54) is 7.11 Å². The Kier molecular flexibility index (Phi) is 7.11. The van der Waals surface area contributed by atoms with E-state index in [0.717, 1.165) is 12.2 Å². The van der Waals surface area contributed by atoms with E-state index in [1.54, 1.807) is 25.1 Å². The number of carbonyl (C=O) groups excluding carboxylic acids is 3. The van der Waals surface area contributed by atoms with E-state index in [2.05, 4.69) is 31.5 Å². The molecule has 0 aliphatic rings. The Bertz CT molecular complexity index is 601. The SMILES string of the molecule is CCOC(=O)C=CC(=O)NNC(=O)c1ccc(OC)c(Br)c1. The highest BCUT2D eigenvalue weighted by atomic mass is 79.9. The van der Waals surface area contributed by atoms with Crippen LogP contribution in [-0.2, 0) is 14.3 Å². The Morgan fingerprint density at radius 2 is 1.95 bits per heavy atom. The van der Waals surface area contributed by atoms with Crippen LogP contribution in [0.5, 0.6) is 5.75 Å². The molecule has 1 rings (SSSR count). The maximum Gasteiger partial charge on any atom is 0.330 e. The summed E-state index contributed by atoms with van der Waals surface area (Å²) in [5, 5.41) is 0. The van der Waals surface area contributed by atoms with Crippen molar-refractivity contribution >= 4 is 33.7 Å². The zero-order chi connectivity index (χ0) is 16.5. The fourth-order valence-corrected chi connectivity index (χ4v) is 1.91. The lowest BCUT2D eigenvalue weighted by atomic mass is 10.2. The molecule has 0 heterocycles. The second-order valence-electron chi connectivity index (χ2n) is 3.88. The molecule has 1 aromatic carbocycles. The molecule has 2 N–H and O–H groups in total. The monoisotopic (exact) mass is 370 g/mol. The first-order chi connectivity index (χ1) is 10.5. The largest absolute Gasteiger partial charge is 0.496 e. The van der Waals surface area contributed by atoms with Crippen LogP contribution in [0.15, 0.2) is 34.8 Å². The van der Waals surface area contributed by atoms with E-state index in [4.69, 9.17) is 4.74 Å². The fourth-order valence-electron chi connectivity index (χ4n) is 1.37. The average Bonchev–Trinajstić information content (AvgIpc) is 2.50. The molecule has 0 saturated heterocycles.